The van der Waals surface area contributed by atoms with E-state index in [1.165, 1.54) is 32.1 Å². The molecule has 0 bridgehead atoms. The highest BCUT2D eigenvalue weighted by Crippen LogP contribution is 2.38. The van der Waals surface area contributed by atoms with Crippen LogP contribution in [0.1, 0.15) is 149 Å². The first-order valence-corrected chi connectivity index (χ1v) is 22.6. The lowest BCUT2D eigenvalue weighted by molar-refractivity contribution is -0.870. The monoisotopic (exact) mass is 778 g/mol. The Morgan fingerprint density at radius 1 is 0.593 bits per heavy atom. The standard InChI is InChI=1S/C45H80NO7P/c1-6-8-10-12-14-16-18-20-21-22-23-24-25-26-27-29-31-33-35-37-40-50-42-44(43-52-54(48,49)51-41-39-46(3,4)5)53-45(47)38-36-34-32-30-28-19-17-15-13-11-9-7-2/h8,10,14-17,20-21,23-24,26-27,44H,6-7,9,11-13,18-19,22,25,28-43H2,1-5H3/b10-8-,16-14-,17-15-,21-20-,24-23-,27-26-. The van der Waals surface area contributed by atoms with Crippen LogP contribution >= 0.6 is 7.82 Å². The zero-order chi connectivity index (χ0) is 39.9. The fourth-order valence-electron chi connectivity index (χ4n) is 5.21. The zero-order valence-corrected chi connectivity index (χ0v) is 36.0. The number of allylic oxidation sites excluding steroid dienone is 12. The highest BCUT2D eigenvalue weighted by Gasteiger charge is 2.20. The maximum Gasteiger partial charge on any atom is 0.306 e. The molecule has 0 N–H and O–H groups in total. The first kappa shape index (κ1) is 51.9. The lowest BCUT2D eigenvalue weighted by Crippen LogP contribution is -2.37. The van der Waals surface area contributed by atoms with Gasteiger partial charge in [0, 0.05) is 13.0 Å². The Morgan fingerprint density at radius 3 is 1.63 bits per heavy atom. The third-order valence-electron chi connectivity index (χ3n) is 8.49. The summed E-state index contributed by atoms with van der Waals surface area (Å²) in [6, 6.07) is 0. The van der Waals surface area contributed by atoms with Crippen molar-refractivity contribution in [2.24, 2.45) is 0 Å². The molecule has 0 aliphatic rings. The minimum Gasteiger partial charge on any atom is -0.756 e. The summed E-state index contributed by atoms with van der Waals surface area (Å²) >= 11 is 0. The highest BCUT2D eigenvalue weighted by atomic mass is 31.2. The maximum absolute atomic E-state index is 12.6. The van der Waals surface area contributed by atoms with Crippen LogP contribution in [0.5, 0.6) is 0 Å². The molecule has 0 aromatic carbocycles. The van der Waals surface area contributed by atoms with Gasteiger partial charge < -0.3 is 27.9 Å². The van der Waals surface area contributed by atoms with Crippen molar-refractivity contribution in [1.82, 2.24) is 0 Å². The number of ether oxygens (including phenoxy) is 2. The van der Waals surface area contributed by atoms with Gasteiger partial charge in [-0.25, -0.2) is 0 Å². The van der Waals surface area contributed by atoms with Gasteiger partial charge in [-0.2, -0.15) is 0 Å². The van der Waals surface area contributed by atoms with Crippen molar-refractivity contribution in [2.75, 3.05) is 54.1 Å². The largest absolute Gasteiger partial charge is 0.756 e. The second-order valence-electron chi connectivity index (χ2n) is 15.0. The number of rotatable bonds is 38. The Balaban J connectivity index is 4.31. The summed E-state index contributed by atoms with van der Waals surface area (Å²) in [6.45, 7) is 5.17. The van der Waals surface area contributed by atoms with Crippen LogP contribution in [0.4, 0.5) is 0 Å². The molecule has 0 saturated carbocycles. The second-order valence-corrected chi connectivity index (χ2v) is 16.4. The van der Waals surface area contributed by atoms with Crippen LogP contribution in [0.3, 0.4) is 0 Å². The molecule has 0 saturated heterocycles. The molecule has 0 aromatic rings. The Hall–Kier alpha value is -2.06. The van der Waals surface area contributed by atoms with Gasteiger partial charge in [-0.05, 0) is 83.5 Å². The predicted octanol–water partition coefficient (Wildman–Crippen LogP) is 11.7. The van der Waals surface area contributed by atoms with E-state index in [0.29, 0.717) is 24.1 Å². The van der Waals surface area contributed by atoms with E-state index in [-0.39, 0.29) is 25.8 Å². The van der Waals surface area contributed by atoms with E-state index in [2.05, 4.69) is 86.8 Å². The molecule has 0 aliphatic carbocycles. The molecule has 0 amide bonds. The minimum absolute atomic E-state index is 0.0154. The van der Waals surface area contributed by atoms with Crippen LogP contribution in [0.15, 0.2) is 72.9 Å². The molecule has 54 heavy (non-hydrogen) atoms. The normalized spacial score (nSPS) is 14.6. The Labute approximate surface area is 332 Å². The molecular formula is C45H80NO7P. The average molecular weight is 778 g/mol. The van der Waals surface area contributed by atoms with E-state index in [1.807, 2.05) is 21.1 Å². The summed E-state index contributed by atoms with van der Waals surface area (Å²) < 4.78 is 34.5. The first-order valence-electron chi connectivity index (χ1n) is 21.2. The van der Waals surface area contributed by atoms with Gasteiger partial charge in [0.25, 0.3) is 7.82 Å². The Morgan fingerprint density at radius 2 is 1.07 bits per heavy atom. The number of phosphoric ester groups is 1. The van der Waals surface area contributed by atoms with Gasteiger partial charge in [0.05, 0.1) is 34.4 Å². The topological polar surface area (TPSA) is 94.1 Å². The van der Waals surface area contributed by atoms with Gasteiger partial charge in [0.2, 0.25) is 0 Å². The van der Waals surface area contributed by atoms with Crippen LogP contribution in [0.25, 0.3) is 0 Å². The molecule has 0 heterocycles. The molecule has 2 atom stereocenters. The second kappa shape index (κ2) is 37.8. The van der Waals surface area contributed by atoms with Crippen LogP contribution < -0.4 is 4.89 Å². The molecule has 0 fully saturated rings. The summed E-state index contributed by atoms with van der Waals surface area (Å²) in [5.41, 5.74) is 0. The van der Waals surface area contributed by atoms with Gasteiger partial charge in [0.1, 0.15) is 19.3 Å². The van der Waals surface area contributed by atoms with Crippen LogP contribution in [-0.4, -0.2) is 70.7 Å². The first-order chi connectivity index (χ1) is 26.1. The Kier molecular flexibility index (Phi) is 36.4. The van der Waals surface area contributed by atoms with Crippen LogP contribution in [-0.2, 0) is 27.9 Å². The van der Waals surface area contributed by atoms with Crippen molar-refractivity contribution in [3.63, 3.8) is 0 Å². The quantitative estimate of drug-likeness (QED) is 0.0202. The lowest BCUT2D eigenvalue weighted by atomic mass is 10.1. The molecule has 8 nitrogen and oxygen atoms in total. The summed E-state index contributed by atoms with van der Waals surface area (Å²) in [4.78, 5) is 25.0. The summed E-state index contributed by atoms with van der Waals surface area (Å²) in [5.74, 6) is -0.357. The van der Waals surface area contributed by atoms with Gasteiger partial charge >= 0.3 is 5.97 Å². The summed E-state index contributed by atoms with van der Waals surface area (Å²) in [6.07, 6.45) is 47.7. The summed E-state index contributed by atoms with van der Waals surface area (Å²) in [7, 11) is 1.32. The molecule has 312 valence electrons. The minimum atomic E-state index is -4.53. The number of carbonyl (C=O) groups is 1. The molecule has 9 heteroatoms. The van der Waals surface area contributed by atoms with Crippen LogP contribution in [0.2, 0.25) is 0 Å². The molecule has 0 aromatic heterocycles. The van der Waals surface area contributed by atoms with E-state index in [1.54, 1.807) is 0 Å². The molecular weight excluding hydrogens is 697 g/mol. The molecule has 0 radical (unpaired) electrons. The Bertz CT molecular complexity index is 1090. The van der Waals surface area contributed by atoms with Crippen molar-refractivity contribution in [3.05, 3.63) is 72.9 Å². The average Bonchev–Trinajstić information content (AvgIpc) is 3.12. The SMILES string of the molecule is CC/C=C\C/C=C\C/C=C\C/C=C\C/C=C\CCCCCCOCC(COP(=O)([O-])OCC[N+](C)(C)C)OC(=O)CCCCCCC/C=C\CCCCC. The van der Waals surface area contributed by atoms with Gasteiger partial charge in [0.15, 0.2) is 0 Å². The van der Waals surface area contributed by atoms with Crippen molar-refractivity contribution >= 4 is 13.8 Å². The van der Waals surface area contributed by atoms with Gasteiger partial charge in [-0.1, -0.05) is 132 Å². The molecule has 0 aliphatic heterocycles. The number of nitrogens with zero attached hydrogens (tertiary/aromatic N) is 1. The zero-order valence-electron chi connectivity index (χ0n) is 35.1. The van der Waals surface area contributed by atoms with Crippen molar-refractivity contribution in [3.8, 4) is 0 Å². The predicted molar refractivity (Wildman–Crippen MR) is 226 cm³/mol. The van der Waals surface area contributed by atoms with E-state index in [4.69, 9.17) is 18.5 Å². The summed E-state index contributed by atoms with van der Waals surface area (Å²) in [5, 5.41) is 0. The van der Waals surface area contributed by atoms with E-state index in [9.17, 15) is 14.3 Å². The highest BCUT2D eigenvalue weighted by molar-refractivity contribution is 7.45. The number of carbonyl (C=O) groups excluding carboxylic acids is 1. The maximum atomic E-state index is 12.6. The molecule has 0 spiro atoms. The number of likely N-dealkylation sites (N-methyl/N-ethyl adjacent to an activating group) is 1. The number of hydrogen-bond acceptors (Lipinski definition) is 7. The smallest absolute Gasteiger partial charge is 0.306 e. The van der Waals surface area contributed by atoms with E-state index >= 15 is 0 Å². The number of hydrogen-bond donors (Lipinski definition) is 0. The lowest BCUT2D eigenvalue weighted by Gasteiger charge is -2.28. The number of quaternary nitrogens is 1. The van der Waals surface area contributed by atoms with Crippen molar-refractivity contribution in [1.29, 1.82) is 0 Å². The fraction of sp³-hybridized carbons (Fsp3) is 0.711. The number of phosphoric acid groups is 1. The molecule has 0 rings (SSSR count). The van der Waals surface area contributed by atoms with Gasteiger partial charge in [-0.15, -0.1) is 0 Å². The van der Waals surface area contributed by atoms with Crippen molar-refractivity contribution in [2.45, 2.75) is 155 Å². The van der Waals surface area contributed by atoms with E-state index in [0.717, 1.165) is 96.3 Å². The fourth-order valence-corrected chi connectivity index (χ4v) is 5.94. The third-order valence-corrected chi connectivity index (χ3v) is 9.46. The van der Waals surface area contributed by atoms with Crippen molar-refractivity contribution < 1.29 is 37.3 Å². The number of esters is 1. The van der Waals surface area contributed by atoms with Crippen LogP contribution in [0, 0.1) is 0 Å². The van der Waals surface area contributed by atoms with Gasteiger partial charge in [-0.3, -0.25) is 9.36 Å². The third kappa shape index (κ3) is 41.1. The molecule has 2 unspecified atom stereocenters. The number of unbranched alkanes of at least 4 members (excludes halogenated alkanes) is 12. The van der Waals surface area contributed by atoms with E-state index < -0.39 is 13.9 Å².